The molecule has 0 spiro atoms. The van der Waals surface area contributed by atoms with Crippen molar-refractivity contribution in [3.05, 3.63) is 65.5 Å². The molecule has 1 fully saturated rings. The summed E-state index contributed by atoms with van der Waals surface area (Å²) in [5.74, 6) is 0.699. The fraction of sp³-hybridized carbons (Fsp3) is 0.400. The van der Waals surface area contributed by atoms with Crippen molar-refractivity contribution in [1.29, 1.82) is 0 Å². The van der Waals surface area contributed by atoms with Crippen LogP contribution in [0.25, 0.3) is 0 Å². The quantitative estimate of drug-likeness (QED) is 0.837. The third-order valence-corrected chi connectivity index (χ3v) is 4.66. The van der Waals surface area contributed by atoms with E-state index in [2.05, 4.69) is 22.3 Å². The first-order valence-corrected chi connectivity index (χ1v) is 8.59. The Hall–Kier alpha value is -1.91. The van der Waals surface area contributed by atoms with E-state index in [9.17, 15) is 4.39 Å². The molecular weight excluding hydrogens is 303 g/mol. The molecule has 0 aliphatic carbocycles. The lowest BCUT2D eigenvalue weighted by Crippen LogP contribution is -2.34. The number of ether oxygens (including phenoxy) is 1. The maximum atomic E-state index is 13.0. The number of likely N-dealkylation sites (tertiary alicyclic amines) is 1. The Morgan fingerprint density at radius 2 is 1.71 bits per heavy atom. The summed E-state index contributed by atoms with van der Waals surface area (Å²) in [6.45, 7) is 3.92. The molecule has 128 valence electrons. The smallest absolute Gasteiger partial charge is 0.123 e. The highest BCUT2D eigenvalue weighted by Crippen LogP contribution is 2.26. The van der Waals surface area contributed by atoms with Crippen molar-refractivity contribution in [2.24, 2.45) is 0 Å². The number of methoxy groups -OCH3 is 1. The molecule has 0 bridgehead atoms. The van der Waals surface area contributed by atoms with Crippen LogP contribution in [-0.4, -0.2) is 31.6 Å². The van der Waals surface area contributed by atoms with E-state index in [1.54, 1.807) is 7.11 Å². The van der Waals surface area contributed by atoms with Crippen molar-refractivity contribution >= 4 is 0 Å². The van der Waals surface area contributed by atoms with Gasteiger partial charge in [-0.05, 0) is 61.3 Å². The molecule has 24 heavy (non-hydrogen) atoms. The Balaban J connectivity index is 1.64. The predicted molar refractivity (Wildman–Crippen MR) is 94.6 cm³/mol. The summed E-state index contributed by atoms with van der Waals surface area (Å²) >= 11 is 0. The number of hydrogen-bond donors (Lipinski definition) is 1. The van der Waals surface area contributed by atoms with Crippen LogP contribution in [0.15, 0.2) is 48.5 Å². The summed E-state index contributed by atoms with van der Waals surface area (Å²) in [6, 6.07) is 15.4. The molecule has 1 N–H and O–H groups in total. The van der Waals surface area contributed by atoms with E-state index in [0.717, 1.165) is 37.5 Å². The molecule has 1 heterocycles. The molecule has 1 unspecified atom stereocenters. The van der Waals surface area contributed by atoms with Gasteiger partial charge in [0.15, 0.2) is 0 Å². The SMILES string of the molecule is COc1ccc(C(CNCc2ccc(F)cc2)N2CCCC2)cc1. The van der Waals surface area contributed by atoms with Crippen molar-refractivity contribution in [1.82, 2.24) is 10.2 Å². The van der Waals surface area contributed by atoms with Gasteiger partial charge in [0.05, 0.1) is 7.11 Å². The maximum absolute atomic E-state index is 13.0. The molecule has 1 atom stereocenters. The van der Waals surface area contributed by atoms with Crippen LogP contribution < -0.4 is 10.1 Å². The lowest BCUT2D eigenvalue weighted by Gasteiger charge is -2.28. The average molecular weight is 328 g/mol. The topological polar surface area (TPSA) is 24.5 Å². The second kappa shape index (κ2) is 8.27. The number of nitrogens with one attached hydrogen (secondary N) is 1. The first kappa shape index (κ1) is 16.9. The van der Waals surface area contributed by atoms with Gasteiger partial charge >= 0.3 is 0 Å². The molecule has 0 aromatic heterocycles. The van der Waals surface area contributed by atoms with Crippen LogP contribution in [0, 0.1) is 5.82 Å². The van der Waals surface area contributed by atoms with Gasteiger partial charge in [0.25, 0.3) is 0 Å². The standard InChI is InChI=1S/C20H25FN2O/c1-24-19-10-6-17(7-11-19)20(23-12-2-3-13-23)15-22-14-16-4-8-18(21)9-5-16/h4-11,20,22H,2-3,12-15H2,1H3. The molecule has 3 nitrogen and oxygen atoms in total. The first-order chi connectivity index (χ1) is 11.8. The highest BCUT2D eigenvalue weighted by atomic mass is 19.1. The van der Waals surface area contributed by atoms with E-state index < -0.39 is 0 Å². The summed E-state index contributed by atoms with van der Waals surface area (Å²) in [7, 11) is 1.69. The van der Waals surface area contributed by atoms with Crippen molar-refractivity contribution < 1.29 is 9.13 Å². The molecule has 0 amide bonds. The molecule has 0 saturated carbocycles. The zero-order chi connectivity index (χ0) is 16.8. The summed E-state index contributed by atoms with van der Waals surface area (Å²) < 4.78 is 18.3. The number of benzene rings is 2. The lowest BCUT2D eigenvalue weighted by molar-refractivity contribution is 0.238. The predicted octanol–water partition coefficient (Wildman–Crippen LogP) is 3.76. The van der Waals surface area contributed by atoms with Crippen LogP contribution in [0.5, 0.6) is 5.75 Å². The lowest BCUT2D eigenvalue weighted by atomic mass is 10.0. The summed E-state index contributed by atoms with van der Waals surface area (Å²) in [5, 5.41) is 3.53. The molecule has 4 heteroatoms. The van der Waals surface area contributed by atoms with Gasteiger partial charge in [0.1, 0.15) is 11.6 Å². The number of nitrogens with zero attached hydrogens (tertiary/aromatic N) is 1. The molecule has 2 aromatic rings. The van der Waals surface area contributed by atoms with Crippen molar-refractivity contribution in [2.45, 2.75) is 25.4 Å². The van der Waals surface area contributed by atoms with Crippen LogP contribution in [0.3, 0.4) is 0 Å². The van der Waals surface area contributed by atoms with Gasteiger partial charge in [-0.15, -0.1) is 0 Å². The van der Waals surface area contributed by atoms with E-state index in [1.165, 1.54) is 30.5 Å². The zero-order valence-corrected chi connectivity index (χ0v) is 14.2. The number of halogens is 1. The fourth-order valence-corrected chi connectivity index (χ4v) is 3.29. The van der Waals surface area contributed by atoms with E-state index in [4.69, 9.17) is 4.74 Å². The van der Waals surface area contributed by atoms with Gasteiger partial charge in [-0.25, -0.2) is 4.39 Å². The zero-order valence-electron chi connectivity index (χ0n) is 14.2. The van der Waals surface area contributed by atoms with Crippen LogP contribution in [-0.2, 0) is 6.54 Å². The Morgan fingerprint density at radius 1 is 1.04 bits per heavy atom. The van der Waals surface area contributed by atoms with Gasteiger partial charge in [0, 0.05) is 19.1 Å². The van der Waals surface area contributed by atoms with E-state index in [1.807, 2.05) is 24.3 Å². The minimum absolute atomic E-state index is 0.188. The Kier molecular flexibility index (Phi) is 5.83. The van der Waals surface area contributed by atoms with E-state index >= 15 is 0 Å². The molecule has 1 saturated heterocycles. The molecule has 2 aromatic carbocycles. The van der Waals surface area contributed by atoms with Gasteiger partial charge in [0.2, 0.25) is 0 Å². The van der Waals surface area contributed by atoms with Crippen LogP contribution in [0.2, 0.25) is 0 Å². The largest absolute Gasteiger partial charge is 0.497 e. The molecule has 1 aliphatic heterocycles. The minimum atomic E-state index is -0.188. The third kappa shape index (κ3) is 4.34. The fourth-order valence-electron chi connectivity index (χ4n) is 3.29. The van der Waals surface area contributed by atoms with Gasteiger partial charge in [-0.3, -0.25) is 4.90 Å². The molecule has 3 rings (SSSR count). The maximum Gasteiger partial charge on any atom is 0.123 e. The van der Waals surface area contributed by atoms with Crippen LogP contribution in [0.1, 0.15) is 30.0 Å². The first-order valence-electron chi connectivity index (χ1n) is 8.59. The van der Waals surface area contributed by atoms with E-state index in [-0.39, 0.29) is 5.82 Å². The van der Waals surface area contributed by atoms with Crippen molar-refractivity contribution in [2.75, 3.05) is 26.7 Å². The van der Waals surface area contributed by atoms with Gasteiger partial charge in [-0.1, -0.05) is 24.3 Å². The minimum Gasteiger partial charge on any atom is -0.497 e. The van der Waals surface area contributed by atoms with Crippen molar-refractivity contribution in [3.8, 4) is 5.75 Å². The highest BCUT2D eigenvalue weighted by Gasteiger charge is 2.23. The van der Waals surface area contributed by atoms with Gasteiger partial charge in [-0.2, -0.15) is 0 Å². The Labute approximate surface area is 143 Å². The molecular formula is C20H25FN2O. The number of hydrogen-bond acceptors (Lipinski definition) is 3. The number of rotatable bonds is 7. The van der Waals surface area contributed by atoms with Crippen LogP contribution >= 0.6 is 0 Å². The highest BCUT2D eigenvalue weighted by molar-refractivity contribution is 5.29. The Morgan fingerprint density at radius 3 is 2.33 bits per heavy atom. The molecule has 1 aliphatic rings. The molecule has 0 radical (unpaired) electrons. The second-order valence-electron chi connectivity index (χ2n) is 6.29. The van der Waals surface area contributed by atoms with Crippen molar-refractivity contribution in [3.63, 3.8) is 0 Å². The Bertz CT molecular complexity index is 621. The summed E-state index contributed by atoms with van der Waals surface area (Å²) in [4.78, 5) is 2.54. The van der Waals surface area contributed by atoms with Crippen LogP contribution in [0.4, 0.5) is 4.39 Å². The van der Waals surface area contributed by atoms with Gasteiger partial charge < -0.3 is 10.1 Å². The van der Waals surface area contributed by atoms with E-state index in [0.29, 0.717) is 6.04 Å². The second-order valence-corrected chi connectivity index (χ2v) is 6.29. The average Bonchev–Trinajstić information content (AvgIpc) is 3.15. The monoisotopic (exact) mass is 328 g/mol. The third-order valence-electron chi connectivity index (χ3n) is 4.66. The summed E-state index contributed by atoms with van der Waals surface area (Å²) in [6.07, 6.45) is 2.54. The summed E-state index contributed by atoms with van der Waals surface area (Å²) in [5.41, 5.74) is 2.41. The normalized spacial score (nSPS) is 16.2.